The molecule has 1 aliphatic heterocycles. The first-order chi connectivity index (χ1) is 11.7. The number of rotatable bonds is 6. The molecule has 1 aliphatic rings. The van der Waals surface area contributed by atoms with Crippen LogP contribution in [0.15, 0.2) is 23.1 Å². The van der Waals surface area contributed by atoms with Gasteiger partial charge < -0.3 is 5.32 Å². The van der Waals surface area contributed by atoms with Crippen molar-refractivity contribution in [2.45, 2.75) is 45.1 Å². The summed E-state index contributed by atoms with van der Waals surface area (Å²) in [4.78, 5) is 14.3. The smallest absolute Gasteiger partial charge is 0.243 e. The van der Waals surface area contributed by atoms with Crippen molar-refractivity contribution in [3.8, 4) is 0 Å². The fraction of sp³-hybridized carbons (Fsp3) is 0.611. The number of aryl methyl sites for hydroxylation is 2. The van der Waals surface area contributed by atoms with Crippen molar-refractivity contribution in [2.24, 2.45) is 0 Å². The Morgan fingerprint density at radius 1 is 1.16 bits per heavy atom. The lowest BCUT2D eigenvalue weighted by atomic mass is 10.1. The monoisotopic (exact) mass is 367 g/mol. The van der Waals surface area contributed by atoms with Crippen LogP contribution in [0, 0.1) is 13.8 Å². The molecule has 1 atom stereocenters. The number of hydrogen-bond donors (Lipinski definition) is 1. The van der Waals surface area contributed by atoms with Crippen molar-refractivity contribution in [1.82, 2.24) is 14.5 Å². The van der Waals surface area contributed by atoms with E-state index < -0.39 is 10.0 Å². The van der Waals surface area contributed by atoms with E-state index in [0.717, 1.165) is 17.5 Å². The molecular formula is C18H29N3O3S. The molecule has 0 aliphatic carbocycles. The van der Waals surface area contributed by atoms with Crippen LogP contribution >= 0.6 is 0 Å². The first kappa shape index (κ1) is 19.9. The normalized spacial score (nSPS) is 18.1. The van der Waals surface area contributed by atoms with Crippen LogP contribution in [0.2, 0.25) is 0 Å². The number of benzene rings is 1. The summed E-state index contributed by atoms with van der Waals surface area (Å²) in [5.41, 5.74) is 2.05. The van der Waals surface area contributed by atoms with Gasteiger partial charge in [-0.3, -0.25) is 9.69 Å². The highest BCUT2D eigenvalue weighted by molar-refractivity contribution is 7.89. The first-order valence-corrected chi connectivity index (χ1v) is 10.3. The van der Waals surface area contributed by atoms with Gasteiger partial charge in [0, 0.05) is 32.2 Å². The zero-order valence-electron chi connectivity index (χ0n) is 15.6. The van der Waals surface area contributed by atoms with Gasteiger partial charge in [0.15, 0.2) is 0 Å². The molecule has 6 nitrogen and oxygen atoms in total. The molecule has 2 rings (SSSR count). The van der Waals surface area contributed by atoms with Gasteiger partial charge in [0.25, 0.3) is 0 Å². The predicted octanol–water partition coefficient (Wildman–Crippen LogP) is 1.52. The first-order valence-electron chi connectivity index (χ1n) is 8.83. The van der Waals surface area contributed by atoms with E-state index in [1.54, 1.807) is 12.1 Å². The third kappa shape index (κ3) is 5.03. The maximum Gasteiger partial charge on any atom is 0.243 e. The van der Waals surface area contributed by atoms with Crippen molar-refractivity contribution in [3.63, 3.8) is 0 Å². The molecule has 1 fully saturated rings. The lowest BCUT2D eigenvalue weighted by Crippen LogP contribution is -2.51. The molecule has 140 valence electrons. The Balaban J connectivity index is 1.94. The van der Waals surface area contributed by atoms with Crippen LogP contribution in [0.4, 0.5) is 0 Å². The van der Waals surface area contributed by atoms with E-state index in [1.807, 2.05) is 38.7 Å². The Kier molecular flexibility index (Phi) is 6.59. The minimum atomic E-state index is -3.47. The van der Waals surface area contributed by atoms with Gasteiger partial charge in [-0.05, 0) is 50.5 Å². The minimum absolute atomic E-state index is 0.000170. The van der Waals surface area contributed by atoms with E-state index in [2.05, 4.69) is 5.32 Å². The summed E-state index contributed by atoms with van der Waals surface area (Å²) in [6, 6.07) is 5.41. The lowest BCUT2D eigenvalue weighted by molar-refractivity contribution is -0.123. The molecule has 0 unspecified atom stereocenters. The summed E-state index contributed by atoms with van der Waals surface area (Å²) in [7, 11) is -3.47. The topological polar surface area (TPSA) is 69.7 Å². The van der Waals surface area contributed by atoms with Gasteiger partial charge in [-0.15, -0.1) is 0 Å². The van der Waals surface area contributed by atoms with Crippen LogP contribution in [0.3, 0.4) is 0 Å². The van der Waals surface area contributed by atoms with Gasteiger partial charge in [0.05, 0.1) is 11.4 Å². The number of piperazine rings is 1. The summed E-state index contributed by atoms with van der Waals surface area (Å²) in [5, 5.41) is 2.94. The maximum atomic E-state index is 12.8. The highest BCUT2D eigenvalue weighted by atomic mass is 32.2. The minimum Gasteiger partial charge on any atom is -0.353 e. The zero-order chi connectivity index (χ0) is 18.6. The Labute approximate surface area is 151 Å². The van der Waals surface area contributed by atoms with Crippen LogP contribution in [-0.2, 0) is 14.8 Å². The second kappa shape index (κ2) is 8.29. The second-order valence-corrected chi connectivity index (χ2v) is 8.74. The molecule has 1 saturated heterocycles. The highest BCUT2D eigenvalue weighted by Crippen LogP contribution is 2.20. The van der Waals surface area contributed by atoms with E-state index in [9.17, 15) is 13.2 Å². The molecule has 0 radical (unpaired) electrons. The standard InChI is InChI=1S/C18H29N3O3S/c1-5-16(4)19-18(22)13-20-8-10-21(11-9-20)25(23,24)17-7-6-14(2)15(3)12-17/h6-7,12,16H,5,8-11,13H2,1-4H3,(H,19,22)/t16-/m1/s1. The van der Waals surface area contributed by atoms with Gasteiger partial charge >= 0.3 is 0 Å². The third-order valence-corrected chi connectivity index (χ3v) is 6.73. The fourth-order valence-corrected chi connectivity index (χ4v) is 4.28. The van der Waals surface area contributed by atoms with E-state index in [1.165, 1.54) is 4.31 Å². The van der Waals surface area contributed by atoms with Crippen LogP contribution in [0.5, 0.6) is 0 Å². The Bertz CT molecular complexity index is 710. The number of nitrogens with zero attached hydrogens (tertiary/aromatic N) is 2. The third-order valence-electron chi connectivity index (χ3n) is 4.83. The number of sulfonamides is 1. The van der Waals surface area contributed by atoms with Crippen molar-refractivity contribution < 1.29 is 13.2 Å². The van der Waals surface area contributed by atoms with Crippen LogP contribution < -0.4 is 5.32 Å². The summed E-state index contributed by atoms with van der Waals surface area (Å²) in [5.74, 6) is -0.000170. The molecule has 7 heteroatoms. The molecule has 1 amide bonds. The molecule has 1 aromatic rings. The predicted molar refractivity (Wildman–Crippen MR) is 99.0 cm³/mol. The van der Waals surface area contributed by atoms with Crippen molar-refractivity contribution in [1.29, 1.82) is 0 Å². The summed E-state index contributed by atoms with van der Waals surface area (Å²) in [6.07, 6.45) is 0.897. The Hall–Kier alpha value is -1.44. The van der Waals surface area contributed by atoms with Crippen LogP contribution in [-0.4, -0.2) is 62.3 Å². The molecule has 1 heterocycles. The van der Waals surface area contributed by atoms with E-state index in [0.29, 0.717) is 37.6 Å². The summed E-state index contributed by atoms with van der Waals surface area (Å²) in [6.45, 7) is 10.2. The second-order valence-electron chi connectivity index (χ2n) is 6.80. The number of carbonyl (C=O) groups excluding carboxylic acids is 1. The van der Waals surface area contributed by atoms with E-state index in [4.69, 9.17) is 0 Å². The average Bonchev–Trinajstić information content (AvgIpc) is 2.57. The van der Waals surface area contributed by atoms with Crippen LogP contribution in [0.1, 0.15) is 31.4 Å². The largest absolute Gasteiger partial charge is 0.353 e. The van der Waals surface area contributed by atoms with Gasteiger partial charge in [-0.25, -0.2) is 8.42 Å². The summed E-state index contributed by atoms with van der Waals surface area (Å²) < 4.78 is 27.1. The van der Waals surface area contributed by atoms with Crippen molar-refractivity contribution >= 4 is 15.9 Å². The Morgan fingerprint density at radius 3 is 2.36 bits per heavy atom. The lowest BCUT2D eigenvalue weighted by Gasteiger charge is -2.33. The number of carbonyl (C=O) groups is 1. The molecule has 25 heavy (non-hydrogen) atoms. The number of amides is 1. The molecule has 0 bridgehead atoms. The van der Waals surface area contributed by atoms with Crippen molar-refractivity contribution in [2.75, 3.05) is 32.7 Å². The maximum absolute atomic E-state index is 12.8. The SMILES string of the molecule is CC[C@@H](C)NC(=O)CN1CCN(S(=O)(=O)c2ccc(C)c(C)c2)CC1. The fourth-order valence-electron chi connectivity index (χ4n) is 2.78. The van der Waals surface area contributed by atoms with E-state index in [-0.39, 0.29) is 11.9 Å². The molecule has 1 aromatic carbocycles. The Morgan fingerprint density at radius 2 is 1.80 bits per heavy atom. The van der Waals surface area contributed by atoms with Gasteiger partial charge in [0.1, 0.15) is 0 Å². The number of hydrogen-bond acceptors (Lipinski definition) is 4. The van der Waals surface area contributed by atoms with Gasteiger partial charge in [-0.1, -0.05) is 13.0 Å². The van der Waals surface area contributed by atoms with Crippen LogP contribution in [0.25, 0.3) is 0 Å². The summed E-state index contributed by atoms with van der Waals surface area (Å²) >= 11 is 0. The zero-order valence-corrected chi connectivity index (χ0v) is 16.4. The number of nitrogens with one attached hydrogen (secondary N) is 1. The van der Waals surface area contributed by atoms with Gasteiger partial charge in [-0.2, -0.15) is 4.31 Å². The quantitative estimate of drug-likeness (QED) is 0.828. The highest BCUT2D eigenvalue weighted by Gasteiger charge is 2.29. The average molecular weight is 368 g/mol. The molecule has 0 spiro atoms. The van der Waals surface area contributed by atoms with Crippen molar-refractivity contribution in [3.05, 3.63) is 29.3 Å². The van der Waals surface area contributed by atoms with Gasteiger partial charge in [0.2, 0.25) is 15.9 Å². The molecule has 1 N–H and O–H groups in total. The molecule has 0 aromatic heterocycles. The van der Waals surface area contributed by atoms with E-state index >= 15 is 0 Å². The molecule has 0 saturated carbocycles. The molecular weight excluding hydrogens is 338 g/mol.